The van der Waals surface area contributed by atoms with Gasteiger partial charge in [-0.25, -0.2) is 4.39 Å². The van der Waals surface area contributed by atoms with Gasteiger partial charge in [0.25, 0.3) is 0 Å². The third kappa shape index (κ3) is 3.33. The molecule has 0 unspecified atom stereocenters. The lowest BCUT2D eigenvalue weighted by molar-refractivity contribution is -0.128. The van der Waals surface area contributed by atoms with Gasteiger partial charge in [0.1, 0.15) is 11.9 Å². The normalized spacial score (nSPS) is 27.5. The van der Waals surface area contributed by atoms with Crippen molar-refractivity contribution in [3.05, 3.63) is 34.6 Å². The van der Waals surface area contributed by atoms with E-state index in [-0.39, 0.29) is 35.2 Å². The zero-order valence-corrected chi connectivity index (χ0v) is 13.5. The Morgan fingerprint density at radius 3 is 2.91 bits per heavy atom. The van der Waals surface area contributed by atoms with Gasteiger partial charge in [-0.05, 0) is 24.1 Å². The highest BCUT2D eigenvalue weighted by atomic mass is 35.5. The summed E-state index contributed by atoms with van der Waals surface area (Å²) >= 11 is 5.70. The van der Waals surface area contributed by atoms with E-state index in [2.05, 4.69) is 5.32 Å². The number of ether oxygens (including phenoxy) is 1. The van der Waals surface area contributed by atoms with Crippen molar-refractivity contribution in [2.75, 3.05) is 20.2 Å². The molecule has 2 saturated heterocycles. The minimum absolute atomic E-state index is 0.0239. The molecule has 0 spiro atoms. The first kappa shape index (κ1) is 16.2. The SMILES string of the molecule is CN1C[C@H](C(=O)N[C@H]2CCO[C@@H]2c2ccc(Cl)c(F)c2)CC1=O. The van der Waals surface area contributed by atoms with Crippen molar-refractivity contribution in [2.45, 2.75) is 25.0 Å². The molecule has 5 nitrogen and oxygen atoms in total. The van der Waals surface area contributed by atoms with E-state index in [9.17, 15) is 14.0 Å². The number of likely N-dealkylation sites (tertiary alicyclic amines) is 1. The summed E-state index contributed by atoms with van der Waals surface area (Å²) in [7, 11) is 1.69. The molecule has 0 aromatic heterocycles. The van der Waals surface area contributed by atoms with Gasteiger partial charge in [-0.2, -0.15) is 0 Å². The zero-order chi connectivity index (χ0) is 16.6. The van der Waals surface area contributed by atoms with Crippen LogP contribution in [0.4, 0.5) is 4.39 Å². The van der Waals surface area contributed by atoms with Crippen LogP contribution in [0, 0.1) is 11.7 Å². The summed E-state index contributed by atoms with van der Waals surface area (Å²) in [5.41, 5.74) is 0.648. The van der Waals surface area contributed by atoms with Gasteiger partial charge in [0.05, 0.1) is 17.0 Å². The second-order valence-electron chi connectivity index (χ2n) is 6.04. The first-order chi connectivity index (χ1) is 11.0. The minimum atomic E-state index is -0.507. The van der Waals surface area contributed by atoms with Gasteiger partial charge in [0.15, 0.2) is 0 Å². The van der Waals surface area contributed by atoms with E-state index in [0.29, 0.717) is 25.1 Å². The quantitative estimate of drug-likeness (QED) is 0.914. The highest BCUT2D eigenvalue weighted by Crippen LogP contribution is 2.31. The third-order valence-corrected chi connectivity index (χ3v) is 4.71. The number of nitrogens with one attached hydrogen (secondary N) is 1. The largest absolute Gasteiger partial charge is 0.371 e. The van der Waals surface area contributed by atoms with Crippen LogP contribution in [-0.4, -0.2) is 43.0 Å². The van der Waals surface area contributed by atoms with Gasteiger partial charge < -0.3 is 15.0 Å². The van der Waals surface area contributed by atoms with Crippen molar-refractivity contribution in [1.29, 1.82) is 0 Å². The van der Waals surface area contributed by atoms with Crippen LogP contribution >= 0.6 is 11.6 Å². The predicted molar refractivity (Wildman–Crippen MR) is 82.4 cm³/mol. The smallest absolute Gasteiger partial charge is 0.225 e. The fourth-order valence-electron chi connectivity index (χ4n) is 3.10. The Morgan fingerprint density at radius 1 is 1.48 bits per heavy atom. The standard InChI is InChI=1S/C16H18ClFN2O3/c1-20-8-10(7-14(20)21)16(22)19-13-4-5-23-15(13)9-2-3-11(17)12(18)6-9/h2-3,6,10,13,15H,4-5,7-8H2,1H3,(H,19,22)/t10-,13+,15-/m1/s1. The van der Waals surface area contributed by atoms with Crippen LogP contribution in [0.15, 0.2) is 18.2 Å². The molecule has 0 aliphatic carbocycles. The average molecular weight is 341 g/mol. The molecule has 3 atom stereocenters. The molecule has 1 aromatic carbocycles. The number of carbonyl (C=O) groups excluding carboxylic acids is 2. The van der Waals surface area contributed by atoms with Crippen molar-refractivity contribution in [3.8, 4) is 0 Å². The summed E-state index contributed by atoms with van der Waals surface area (Å²) < 4.78 is 19.3. The predicted octanol–water partition coefficient (Wildman–Crippen LogP) is 1.90. The van der Waals surface area contributed by atoms with Gasteiger partial charge in [0.2, 0.25) is 11.8 Å². The van der Waals surface area contributed by atoms with Gasteiger partial charge >= 0.3 is 0 Å². The molecule has 2 aliphatic heterocycles. The van der Waals surface area contributed by atoms with E-state index in [0.717, 1.165) is 0 Å². The van der Waals surface area contributed by atoms with Gasteiger partial charge in [-0.3, -0.25) is 9.59 Å². The molecule has 0 radical (unpaired) electrons. The summed E-state index contributed by atoms with van der Waals surface area (Å²) in [6, 6.07) is 4.29. The van der Waals surface area contributed by atoms with E-state index >= 15 is 0 Å². The Morgan fingerprint density at radius 2 is 2.26 bits per heavy atom. The summed E-state index contributed by atoms with van der Waals surface area (Å²) in [5, 5.41) is 3.00. The second-order valence-corrected chi connectivity index (χ2v) is 6.45. The Labute approximate surface area is 138 Å². The topological polar surface area (TPSA) is 58.6 Å². The van der Waals surface area contributed by atoms with E-state index in [4.69, 9.17) is 16.3 Å². The molecule has 0 saturated carbocycles. The van der Waals surface area contributed by atoms with Crippen LogP contribution in [0.2, 0.25) is 5.02 Å². The average Bonchev–Trinajstić information content (AvgIpc) is 3.09. The maximum absolute atomic E-state index is 13.6. The van der Waals surface area contributed by atoms with E-state index in [1.807, 2.05) is 0 Å². The monoisotopic (exact) mass is 340 g/mol. The first-order valence-electron chi connectivity index (χ1n) is 7.56. The minimum Gasteiger partial charge on any atom is -0.371 e. The number of hydrogen-bond donors (Lipinski definition) is 1. The highest BCUT2D eigenvalue weighted by molar-refractivity contribution is 6.30. The molecule has 124 valence electrons. The van der Waals surface area contributed by atoms with Crippen molar-refractivity contribution in [2.24, 2.45) is 5.92 Å². The lowest BCUT2D eigenvalue weighted by Gasteiger charge is -2.22. The summed E-state index contributed by atoms with van der Waals surface area (Å²) in [4.78, 5) is 25.5. The van der Waals surface area contributed by atoms with Gasteiger partial charge in [-0.15, -0.1) is 0 Å². The van der Waals surface area contributed by atoms with Crippen molar-refractivity contribution in [3.63, 3.8) is 0 Å². The molecule has 1 aromatic rings. The van der Waals surface area contributed by atoms with Crippen LogP contribution < -0.4 is 5.32 Å². The molecule has 2 heterocycles. The summed E-state index contributed by atoms with van der Waals surface area (Å²) in [6.07, 6.45) is 0.480. The molecule has 2 aliphatic rings. The molecule has 3 rings (SSSR count). The van der Waals surface area contributed by atoms with E-state index in [1.54, 1.807) is 18.0 Å². The maximum atomic E-state index is 13.6. The van der Waals surface area contributed by atoms with Crippen molar-refractivity contribution >= 4 is 23.4 Å². The molecule has 2 fully saturated rings. The number of halogens is 2. The zero-order valence-electron chi connectivity index (χ0n) is 12.7. The number of nitrogens with zero attached hydrogens (tertiary/aromatic N) is 1. The Kier molecular flexibility index (Phi) is 4.55. The molecule has 7 heteroatoms. The summed E-state index contributed by atoms with van der Waals surface area (Å²) in [5.74, 6) is -1.02. The molecular formula is C16H18ClFN2O3. The lowest BCUT2D eigenvalue weighted by Crippen LogP contribution is -2.41. The molecule has 2 amide bonds. The fraction of sp³-hybridized carbons (Fsp3) is 0.500. The molecular weight excluding hydrogens is 323 g/mol. The van der Waals surface area contributed by atoms with Crippen molar-refractivity contribution < 1.29 is 18.7 Å². The van der Waals surface area contributed by atoms with Crippen LogP contribution in [0.25, 0.3) is 0 Å². The summed E-state index contributed by atoms with van der Waals surface area (Å²) in [6.45, 7) is 0.918. The maximum Gasteiger partial charge on any atom is 0.225 e. The highest BCUT2D eigenvalue weighted by Gasteiger charge is 2.36. The number of carbonyl (C=O) groups is 2. The van der Waals surface area contributed by atoms with Crippen LogP contribution in [-0.2, 0) is 14.3 Å². The lowest BCUT2D eigenvalue weighted by atomic mass is 10.0. The molecule has 1 N–H and O–H groups in total. The van der Waals surface area contributed by atoms with Crippen LogP contribution in [0.3, 0.4) is 0 Å². The van der Waals surface area contributed by atoms with Crippen LogP contribution in [0.1, 0.15) is 24.5 Å². The number of rotatable bonds is 3. The number of hydrogen-bond acceptors (Lipinski definition) is 3. The second kappa shape index (κ2) is 6.45. The Balaban J connectivity index is 1.68. The van der Waals surface area contributed by atoms with Crippen LogP contribution in [0.5, 0.6) is 0 Å². The van der Waals surface area contributed by atoms with Crippen molar-refractivity contribution in [1.82, 2.24) is 10.2 Å². The first-order valence-corrected chi connectivity index (χ1v) is 7.94. The van der Waals surface area contributed by atoms with E-state index < -0.39 is 11.9 Å². The number of benzene rings is 1. The van der Waals surface area contributed by atoms with E-state index in [1.165, 1.54) is 12.1 Å². The number of amides is 2. The fourth-order valence-corrected chi connectivity index (χ4v) is 3.21. The Bertz CT molecular complexity index is 640. The Hall–Kier alpha value is -1.66. The molecule has 0 bridgehead atoms. The molecule has 23 heavy (non-hydrogen) atoms. The third-order valence-electron chi connectivity index (χ3n) is 4.40. The van der Waals surface area contributed by atoms with Gasteiger partial charge in [0, 0.05) is 26.6 Å². The van der Waals surface area contributed by atoms with Gasteiger partial charge in [-0.1, -0.05) is 17.7 Å².